The van der Waals surface area contributed by atoms with Crippen molar-refractivity contribution in [1.29, 1.82) is 0 Å². The van der Waals surface area contributed by atoms with Gasteiger partial charge < -0.3 is 15.0 Å². The summed E-state index contributed by atoms with van der Waals surface area (Å²) in [4.78, 5) is 7.36. The predicted molar refractivity (Wildman–Crippen MR) is 117 cm³/mol. The van der Waals surface area contributed by atoms with Gasteiger partial charge in [-0.2, -0.15) is 0 Å². The van der Waals surface area contributed by atoms with Crippen molar-refractivity contribution in [3.63, 3.8) is 0 Å². The molecule has 27 heavy (non-hydrogen) atoms. The third-order valence-electron chi connectivity index (χ3n) is 6.63. The van der Waals surface area contributed by atoms with E-state index in [9.17, 15) is 8.42 Å². The number of fused-ring (bicyclic) bond motifs is 5. The molecule has 156 valence electrons. The van der Waals surface area contributed by atoms with E-state index in [-0.39, 0.29) is 24.0 Å². The van der Waals surface area contributed by atoms with Gasteiger partial charge in [-0.05, 0) is 38.5 Å². The minimum atomic E-state index is -3.05. The summed E-state index contributed by atoms with van der Waals surface area (Å²) in [5.74, 6) is 2.86. The van der Waals surface area contributed by atoms with Crippen molar-refractivity contribution in [3.05, 3.63) is 0 Å². The Morgan fingerprint density at radius 3 is 2.22 bits per heavy atom. The highest BCUT2D eigenvalue weighted by atomic mass is 127. The van der Waals surface area contributed by atoms with Crippen LogP contribution in [0.15, 0.2) is 4.99 Å². The molecule has 2 bridgehead atoms. The molecule has 4 aliphatic rings. The number of halogens is 1. The van der Waals surface area contributed by atoms with Crippen LogP contribution in [0.2, 0.25) is 0 Å². The van der Waals surface area contributed by atoms with Gasteiger partial charge >= 0.3 is 0 Å². The number of hydrogen-bond acceptors (Lipinski definition) is 4. The molecule has 7 nitrogen and oxygen atoms in total. The van der Waals surface area contributed by atoms with Gasteiger partial charge in [-0.1, -0.05) is 0 Å². The number of guanidine groups is 1. The summed E-state index contributed by atoms with van der Waals surface area (Å²) in [6, 6.07) is 0. The van der Waals surface area contributed by atoms with Gasteiger partial charge in [0.05, 0.1) is 18.5 Å². The van der Waals surface area contributed by atoms with Gasteiger partial charge in [-0.15, -0.1) is 24.0 Å². The Hall–Kier alpha value is -0.130. The number of nitrogens with zero attached hydrogens (tertiary/aromatic N) is 3. The van der Waals surface area contributed by atoms with E-state index in [4.69, 9.17) is 9.73 Å². The molecule has 4 saturated heterocycles. The Morgan fingerprint density at radius 2 is 1.70 bits per heavy atom. The molecule has 4 fully saturated rings. The summed E-state index contributed by atoms with van der Waals surface area (Å²) in [6.07, 6.45) is 6.50. The molecule has 4 aliphatic heterocycles. The summed E-state index contributed by atoms with van der Waals surface area (Å²) in [6.45, 7) is 7.15. The number of nitrogens with one attached hydrogen (secondary N) is 1. The standard InChI is InChI=1S/C18H32N4O3S.HI/c1-3-19-18(20-10-13-6-8-22(9-7-13)26(2,23)24)21-11-14-15(12-21)17-5-4-16(14)25-17;/h13-17H,3-12H2,1-2H3,(H,19,20);1H. The van der Waals surface area contributed by atoms with Crippen LogP contribution in [0.25, 0.3) is 0 Å². The largest absolute Gasteiger partial charge is 0.374 e. The molecule has 4 unspecified atom stereocenters. The van der Waals surface area contributed by atoms with Crippen molar-refractivity contribution >= 4 is 40.0 Å². The van der Waals surface area contributed by atoms with Gasteiger partial charge in [0.1, 0.15) is 0 Å². The number of ether oxygens (including phenoxy) is 1. The van der Waals surface area contributed by atoms with E-state index in [0.717, 1.165) is 45.0 Å². The van der Waals surface area contributed by atoms with Crippen LogP contribution >= 0.6 is 24.0 Å². The summed E-state index contributed by atoms with van der Waals surface area (Å²) < 4.78 is 31.0. The molecule has 4 atom stereocenters. The number of piperidine rings is 1. The quantitative estimate of drug-likeness (QED) is 0.350. The summed E-state index contributed by atoms with van der Waals surface area (Å²) in [7, 11) is -3.05. The van der Waals surface area contributed by atoms with Gasteiger partial charge in [0, 0.05) is 51.1 Å². The predicted octanol–water partition coefficient (Wildman–Crippen LogP) is 1.35. The molecule has 0 amide bonds. The second-order valence-corrected chi connectivity index (χ2v) is 10.3. The molecule has 4 heterocycles. The van der Waals surface area contributed by atoms with E-state index < -0.39 is 10.0 Å². The number of sulfonamides is 1. The molecule has 4 rings (SSSR count). The molecule has 0 radical (unpaired) electrons. The first-order valence-corrected chi connectivity index (χ1v) is 11.9. The average molecular weight is 512 g/mol. The lowest BCUT2D eigenvalue weighted by Gasteiger charge is -2.30. The van der Waals surface area contributed by atoms with Gasteiger partial charge in [0.15, 0.2) is 5.96 Å². The molecule has 0 aromatic carbocycles. The lowest BCUT2D eigenvalue weighted by molar-refractivity contribution is 0.0767. The fourth-order valence-corrected chi connectivity index (χ4v) is 6.07. The molecule has 0 aliphatic carbocycles. The second-order valence-electron chi connectivity index (χ2n) is 8.32. The van der Waals surface area contributed by atoms with Gasteiger partial charge in [-0.3, -0.25) is 4.99 Å². The maximum absolute atomic E-state index is 11.6. The fraction of sp³-hybridized carbons (Fsp3) is 0.944. The van der Waals surface area contributed by atoms with Crippen molar-refractivity contribution in [2.45, 2.75) is 44.8 Å². The first-order chi connectivity index (χ1) is 12.5. The zero-order valence-corrected chi connectivity index (χ0v) is 19.5. The number of rotatable bonds is 4. The third kappa shape index (κ3) is 4.56. The summed E-state index contributed by atoms with van der Waals surface area (Å²) in [5, 5.41) is 3.47. The van der Waals surface area contributed by atoms with Crippen molar-refractivity contribution in [2.24, 2.45) is 22.7 Å². The van der Waals surface area contributed by atoms with Crippen LogP contribution < -0.4 is 5.32 Å². The van der Waals surface area contributed by atoms with E-state index in [1.807, 2.05) is 0 Å². The van der Waals surface area contributed by atoms with Gasteiger partial charge in [-0.25, -0.2) is 12.7 Å². The monoisotopic (exact) mass is 512 g/mol. The van der Waals surface area contributed by atoms with E-state index in [1.165, 1.54) is 19.1 Å². The van der Waals surface area contributed by atoms with Crippen molar-refractivity contribution in [3.8, 4) is 0 Å². The maximum Gasteiger partial charge on any atom is 0.211 e. The summed E-state index contributed by atoms with van der Waals surface area (Å²) >= 11 is 0. The van der Waals surface area contributed by atoms with Crippen LogP contribution in [0.3, 0.4) is 0 Å². The Kier molecular flexibility index (Phi) is 6.96. The third-order valence-corrected chi connectivity index (χ3v) is 7.93. The fourth-order valence-electron chi connectivity index (χ4n) is 5.20. The van der Waals surface area contributed by atoms with Gasteiger partial charge in [0.25, 0.3) is 0 Å². The van der Waals surface area contributed by atoms with Gasteiger partial charge in [0.2, 0.25) is 10.0 Å². The highest BCUT2D eigenvalue weighted by molar-refractivity contribution is 14.0. The molecule has 1 N–H and O–H groups in total. The van der Waals surface area contributed by atoms with E-state index in [1.54, 1.807) is 4.31 Å². The highest BCUT2D eigenvalue weighted by Crippen LogP contribution is 2.47. The van der Waals surface area contributed by atoms with Crippen molar-refractivity contribution < 1.29 is 13.2 Å². The zero-order chi connectivity index (χ0) is 18.3. The lowest BCUT2D eigenvalue weighted by Crippen LogP contribution is -2.42. The Bertz CT molecular complexity index is 633. The second kappa shape index (κ2) is 8.71. The zero-order valence-electron chi connectivity index (χ0n) is 16.3. The van der Waals surface area contributed by atoms with Crippen LogP contribution in [-0.2, 0) is 14.8 Å². The molecule has 9 heteroatoms. The van der Waals surface area contributed by atoms with Crippen molar-refractivity contribution in [1.82, 2.24) is 14.5 Å². The van der Waals surface area contributed by atoms with E-state index in [0.29, 0.717) is 43.1 Å². The Balaban J connectivity index is 0.00000210. The highest BCUT2D eigenvalue weighted by Gasteiger charge is 2.53. The van der Waals surface area contributed by atoms with E-state index >= 15 is 0 Å². The SMILES string of the molecule is CCNC(=NCC1CCN(S(C)(=O)=O)CC1)N1CC2C3CCC(O3)C2C1.I. The van der Waals surface area contributed by atoms with Crippen LogP contribution in [0.1, 0.15) is 32.6 Å². The van der Waals surface area contributed by atoms with Crippen molar-refractivity contribution in [2.75, 3.05) is 45.5 Å². The molecule has 0 aromatic heterocycles. The molecule has 0 saturated carbocycles. The van der Waals surface area contributed by atoms with E-state index in [2.05, 4.69) is 17.1 Å². The number of likely N-dealkylation sites (tertiary alicyclic amines) is 1. The first kappa shape index (κ1) is 21.6. The number of hydrogen-bond donors (Lipinski definition) is 1. The van der Waals surface area contributed by atoms with Crippen LogP contribution in [0.5, 0.6) is 0 Å². The smallest absolute Gasteiger partial charge is 0.211 e. The van der Waals surface area contributed by atoms with Crippen LogP contribution in [-0.4, -0.2) is 81.3 Å². The average Bonchev–Trinajstić information content (AvgIpc) is 3.30. The molecule has 0 aromatic rings. The first-order valence-electron chi connectivity index (χ1n) is 10.1. The maximum atomic E-state index is 11.6. The minimum Gasteiger partial charge on any atom is -0.374 e. The van der Waals surface area contributed by atoms with Crippen LogP contribution in [0.4, 0.5) is 0 Å². The summed E-state index contributed by atoms with van der Waals surface area (Å²) in [5.41, 5.74) is 0. The number of aliphatic imine (C=N–C) groups is 1. The minimum absolute atomic E-state index is 0. The Morgan fingerprint density at radius 1 is 1.11 bits per heavy atom. The Labute approximate surface area is 180 Å². The molecular formula is C18H33IN4O3S. The van der Waals surface area contributed by atoms with Crippen LogP contribution in [0, 0.1) is 17.8 Å². The lowest BCUT2D eigenvalue weighted by atomic mass is 9.82. The molecule has 0 spiro atoms. The normalized spacial score (nSPS) is 34.6. The topological polar surface area (TPSA) is 74.2 Å². The molecular weight excluding hydrogens is 479 g/mol.